The van der Waals surface area contributed by atoms with Crippen LogP contribution in [0.5, 0.6) is 5.75 Å². The van der Waals surface area contributed by atoms with Crippen molar-refractivity contribution in [1.82, 2.24) is 9.47 Å². The zero-order valence-corrected chi connectivity index (χ0v) is 10.9. The molecule has 0 radical (unpaired) electrons. The number of likely N-dealkylation sites (N-methyl/N-ethyl adjacent to an activating group) is 1. The van der Waals surface area contributed by atoms with Gasteiger partial charge in [0.05, 0.1) is 18.7 Å². The number of nitrogens with zero attached hydrogens (tertiary/aromatic N) is 2. The Morgan fingerprint density at radius 1 is 1.39 bits per heavy atom. The van der Waals surface area contributed by atoms with E-state index in [9.17, 15) is 4.39 Å². The highest BCUT2D eigenvalue weighted by molar-refractivity contribution is 5.86. The molecule has 1 aliphatic carbocycles. The third-order valence-corrected chi connectivity index (χ3v) is 3.71. The van der Waals surface area contributed by atoms with Crippen molar-refractivity contribution in [3.8, 4) is 5.75 Å². The van der Waals surface area contributed by atoms with E-state index in [0.717, 1.165) is 17.3 Å². The van der Waals surface area contributed by atoms with Crippen LogP contribution in [-0.2, 0) is 0 Å². The standard InChI is InChI=1S/C14H17FN2O/c1-16(2)11-8-12(11)17-5-4-9-6-10(15)7-13(18-3)14(9)17/h4-7,11-12H,8H2,1-3H3. The Balaban J connectivity index is 2.09. The molecule has 1 aromatic heterocycles. The fraction of sp³-hybridized carbons (Fsp3) is 0.429. The molecule has 0 amide bonds. The number of rotatable bonds is 3. The van der Waals surface area contributed by atoms with Gasteiger partial charge in [-0.1, -0.05) is 0 Å². The van der Waals surface area contributed by atoms with Crippen LogP contribution in [0.4, 0.5) is 4.39 Å². The second-order valence-electron chi connectivity index (χ2n) is 5.10. The molecule has 0 spiro atoms. The van der Waals surface area contributed by atoms with Crippen molar-refractivity contribution in [3.63, 3.8) is 0 Å². The van der Waals surface area contributed by atoms with Gasteiger partial charge in [-0.3, -0.25) is 0 Å². The second kappa shape index (κ2) is 3.99. The van der Waals surface area contributed by atoms with Crippen LogP contribution in [0, 0.1) is 5.82 Å². The van der Waals surface area contributed by atoms with Crippen molar-refractivity contribution in [3.05, 3.63) is 30.2 Å². The highest BCUT2D eigenvalue weighted by atomic mass is 19.1. The quantitative estimate of drug-likeness (QED) is 0.831. The van der Waals surface area contributed by atoms with Crippen LogP contribution in [0.3, 0.4) is 0 Å². The summed E-state index contributed by atoms with van der Waals surface area (Å²) in [4.78, 5) is 2.23. The van der Waals surface area contributed by atoms with Crippen molar-refractivity contribution in [1.29, 1.82) is 0 Å². The molecular weight excluding hydrogens is 231 g/mol. The van der Waals surface area contributed by atoms with Gasteiger partial charge in [-0.2, -0.15) is 0 Å². The predicted molar refractivity (Wildman–Crippen MR) is 69.6 cm³/mol. The maximum atomic E-state index is 13.4. The maximum absolute atomic E-state index is 13.4. The Kier molecular flexibility index (Phi) is 2.55. The third kappa shape index (κ3) is 1.68. The molecule has 96 valence electrons. The third-order valence-electron chi connectivity index (χ3n) is 3.71. The van der Waals surface area contributed by atoms with Crippen LogP contribution in [0.2, 0.25) is 0 Å². The summed E-state index contributed by atoms with van der Waals surface area (Å²) in [6.45, 7) is 0. The SMILES string of the molecule is COc1cc(F)cc2ccn(C3CC3N(C)C)c12. The van der Waals surface area contributed by atoms with E-state index in [1.165, 1.54) is 6.07 Å². The minimum Gasteiger partial charge on any atom is -0.494 e. The highest BCUT2D eigenvalue weighted by Gasteiger charge is 2.41. The summed E-state index contributed by atoms with van der Waals surface area (Å²) in [5, 5.41) is 0.899. The molecule has 0 bridgehead atoms. The second-order valence-corrected chi connectivity index (χ2v) is 5.10. The minimum atomic E-state index is -0.253. The van der Waals surface area contributed by atoms with E-state index >= 15 is 0 Å². The number of methoxy groups -OCH3 is 1. The van der Waals surface area contributed by atoms with Crippen LogP contribution in [0.15, 0.2) is 24.4 Å². The van der Waals surface area contributed by atoms with Gasteiger partial charge < -0.3 is 14.2 Å². The number of benzene rings is 1. The van der Waals surface area contributed by atoms with E-state index in [0.29, 0.717) is 17.8 Å². The molecule has 18 heavy (non-hydrogen) atoms. The summed E-state index contributed by atoms with van der Waals surface area (Å²) in [7, 11) is 5.77. The summed E-state index contributed by atoms with van der Waals surface area (Å²) in [6.07, 6.45) is 3.16. The molecule has 0 saturated heterocycles. The van der Waals surface area contributed by atoms with Gasteiger partial charge >= 0.3 is 0 Å². The number of hydrogen-bond donors (Lipinski definition) is 0. The van der Waals surface area contributed by atoms with Crippen LogP contribution in [0.25, 0.3) is 10.9 Å². The van der Waals surface area contributed by atoms with Gasteiger partial charge in [-0.15, -0.1) is 0 Å². The Morgan fingerprint density at radius 3 is 2.78 bits per heavy atom. The molecular formula is C14H17FN2O. The van der Waals surface area contributed by atoms with Gasteiger partial charge in [0.2, 0.25) is 0 Å². The lowest BCUT2D eigenvalue weighted by Crippen LogP contribution is -2.17. The van der Waals surface area contributed by atoms with Crippen LogP contribution < -0.4 is 4.74 Å². The maximum Gasteiger partial charge on any atom is 0.146 e. The molecule has 1 fully saturated rings. The average molecular weight is 248 g/mol. The molecule has 4 heteroatoms. The molecule has 2 atom stereocenters. The fourth-order valence-corrected chi connectivity index (χ4v) is 2.69. The summed E-state index contributed by atoms with van der Waals surface area (Å²) >= 11 is 0. The molecule has 1 aromatic carbocycles. The largest absolute Gasteiger partial charge is 0.494 e. The lowest BCUT2D eigenvalue weighted by molar-refractivity contribution is 0.375. The van der Waals surface area contributed by atoms with E-state index in [1.807, 2.05) is 12.3 Å². The van der Waals surface area contributed by atoms with Gasteiger partial charge in [-0.05, 0) is 32.6 Å². The Labute approximate surface area is 106 Å². The van der Waals surface area contributed by atoms with Crippen molar-refractivity contribution in [2.75, 3.05) is 21.2 Å². The molecule has 3 rings (SSSR count). The van der Waals surface area contributed by atoms with Gasteiger partial charge in [0.1, 0.15) is 11.6 Å². The number of hydrogen-bond acceptors (Lipinski definition) is 2. The minimum absolute atomic E-state index is 0.253. The van der Waals surface area contributed by atoms with Gasteiger partial charge in [0.15, 0.2) is 0 Å². The topological polar surface area (TPSA) is 17.4 Å². The van der Waals surface area contributed by atoms with Gasteiger partial charge in [-0.25, -0.2) is 4.39 Å². The molecule has 2 unspecified atom stereocenters. The van der Waals surface area contributed by atoms with Crippen molar-refractivity contribution in [2.45, 2.75) is 18.5 Å². The Hall–Kier alpha value is -1.55. The molecule has 0 N–H and O–H groups in total. The van der Waals surface area contributed by atoms with Gasteiger partial charge in [0.25, 0.3) is 0 Å². The zero-order valence-electron chi connectivity index (χ0n) is 10.9. The first-order valence-electron chi connectivity index (χ1n) is 6.12. The van der Waals surface area contributed by atoms with Crippen LogP contribution in [-0.4, -0.2) is 36.7 Å². The highest BCUT2D eigenvalue weighted by Crippen LogP contribution is 2.43. The molecule has 1 heterocycles. The summed E-state index contributed by atoms with van der Waals surface area (Å²) < 4.78 is 20.9. The number of aromatic nitrogens is 1. The predicted octanol–water partition coefficient (Wildman–Crippen LogP) is 2.66. The molecule has 3 nitrogen and oxygen atoms in total. The van der Waals surface area contributed by atoms with E-state index < -0.39 is 0 Å². The van der Waals surface area contributed by atoms with Crippen molar-refractivity contribution < 1.29 is 9.13 Å². The Bertz CT molecular complexity index is 591. The lowest BCUT2D eigenvalue weighted by Gasteiger charge is -2.12. The summed E-state index contributed by atoms with van der Waals surface area (Å²) in [6, 6.07) is 5.99. The van der Waals surface area contributed by atoms with Crippen molar-refractivity contribution in [2.24, 2.45) is 0 Å². The van der Waals surface area contributed by atoms with E-state index in [4.69, 9.17) is 4.74 Å². The van der Waals surface area contributed by atoms with Crippen molar-refractivity contribution >= 4 is 10.9 Å². The average Bonchev–Trinajstić information content (AvgIpc) is 3.02. The Morgan fingerprint density at radius 2 is 2.17 bits per heavy atom. The van der Waals surface area contributed by atoms with Crippen LogP contribution in [0.1, 0.15) is 12.5 Å². The zero-order chi connectivity index (χ0) is 12.9. The first-order valence-corrected chi connectivity index (χ1v) is 6.12. The first kappa shape index (κ1) is 11.5. The normalized spacial score (nSPS) is 22.7. The fourth-order valence-electron chi connectivity index (χ4n) is 2.69. The lowest BCUT2D eigenvalue weighted by atomic mass is 10.2. The molecule has 1 aliphatic rings. The molecule has 2 aromatic rings. The van der Waals surface area contributed by atoms with E-state index in [-0.39, 0.29) is 5.82 Å². The summed E-state index contributed by atoms with van der Waals surface area (Å²) in [5.74, 6) is 0.358. The summed E-state index contributed by atoms with van der Waals surface area (Å²) in [5.41, 5.74) is 0.994. The first-order chi connectivity index (χ1) is 8.61. The number of halogens is 1. The van der Waals surface area contributed by atoms with Crippen LogP contribution >= 0.6 is 0 Å². The van der Waals surface area contributed by atoms with Gasteiger partial charge in [0, 0.05) is 23.7 Å². The smallest absolute Gasteiger partial charge is 0.146 e. The monoisotopic (exact) mass is 248 g/mol. The molecule has 1 saturated carbocycles. The number of fused-ring (bicyclic) bond motifs is 1. The molecule has 0 aliphatic heterocycles. The van der Waals surface area contributed by atoms with E-state index in [1.54, 1.807) is 13.2 Å². The van der Waals surface area contributed by atoms with E-state index in [2.05, 4.69) is 23.6 Å². The number of ether oxygens (including phenoxy) is 1.